The molecule has 1 aromatic carbocycles. The van der Waals surface area contributed by atoms with Crippen LogP contribution in [0.15, 0.2) is 16.6 Å². The molecule has 0 radical (unpaired) electrons. The third-order valence-electron chi connectivity index (χ3n) is 4.44. The van der Waals surface area contributed by atoms with Crippen molar-refractivity contribution in [1.82, 2.24) is 5.43 Å². The highest BCUT2D eigenvalue weighted by molar-refractivity contribution is 9.10. The zero-order valence-corrected chi connectivity index (χ0v) is 13.2. The average Bonchev–Trinajstić information content (AvgIpc) is 2.47. The van der Waals surface area contributed by atoms with Crippen molar-refractivity contribution >= 4 is 15.9 Å². The van der Waals surface area contributed by atoms with E-state index in [4.69, 9.17) is 5.84 Å². The average molecular weight is 347 g/mol. The molecular weight excluding hydrogens is 326 g/mol. The van der Waals surface area contributed by atoms with E-state index in [1.165, 1.54) is 18.6 Å². The van der Waals surface area contributed by atoms with Gasteiger partial charge in [0.25, 0.3) is 0 Å². The number of halogens is 3. The molecule has 0 heterocycles. The van der Waals surface area contributed by atoms with Crippen LogP contribution in [0.25, 0.3) is 0 Å². The van der Waals surface area contributed by atoms with Crippen LogP contribution in [0.4, 0.5) is 8.78 Å². The molecule has 0 aliphatic heterocycles. The van der Waals surface area contributed by atoms with Crippen LogP contribution in [0, 0.1) is 23.5 Å². The van der Waals surface area contributed by atoms with Crippen LogP contribution in [0.1, 0.15) is 50.6 Å². The molecule has 1 saturated carbocycles. The molecule has 1 aliphatic carbocycles. The Morgan fingerprint density at radius 1 is 1.40 bits per heavy atom. The summed E-state index contributed by atoms with van der Waals surface area (Å²) in [6, 6.07) is 2.20. The Hall–Kier alpha value is -0.520. The van der Waals surface area contributed by atoms with E-state index in [2.05, 4.69) is 28.3 Å². The normalized spacial score (nSPS) is 24.6. The molecule has 1 aromatic rings. The zero-order valence-electron chi connectivity index (χ0n) is 11.6. The molecule has 0 aromatic heterocycles. The van der Waals surface area contributed by atoms with Gasteiger partial charge in [0.05, 0.1) is 10.5 Å². The van der Waals surface area contributed by atoms with Gasteiger partial charge < -0.3 is 0 Å². The van der Waals surface area contributed by atoms with Crippen LogP contribution in [0.2, 0.25) is 0 Å². The molecule has 0 saturated heterocycles. The van der Waals surface area contributed by atoms with Gasteiger partial charge in [-0.15, -0.1) is 0 Å². The van der Waals surface area contributed by atoms with Crippen LogP contribution in [-0.2, 0) is 0 Å². The van der Waals surface area contributed by atoms with E-state index in [-0.39, 0.29) is 16.0 Å². The molecule has 5 heteroatoms. The zero-order chi connectivity index (χ0) is 14.7. The Kier molecular flexibility index (Phi) is 5.52. The van der Waals surface area contributed by atoms with Gasteiger partial charge in [-0.3, -0.25) is 11.3 Å². The number of hydrogen-bond acceptors (Lipinski definition) is 2. The van der Waals surface area contributed by atoms with E-state index in [1.807, 2.05) is 0 Å². The van der Waals surface area contributed by atoms with E-state index in [9.17, 15) is 8.78 Å². The smallest absolute Gasteiger partial charge is 0.145 e. The molecule has 112 valence electrons. The molecule has 0 amide bonds. The molecule has 0 bridgehead atoms. The Labute approximate surface area is 127 Å². The van der Waals surface area contributed by atoms with Crippen LogP contribution in [0.5, 0.6) is 0 Å². The van der Waals surface area contributed by atoms with Crippen LogP contribution >= 0.6 is 15.9 Å². The number of nitrogens with one attached hydrogen (secondary N) is 1. The fourth-order valence-corrected chi connectivity index (χ4v) is 3.63. The molecule has 3 N–H and O–H groups in total. The minimum absolute atomic E-state index is 0.0589. The third kappa shape index (κ3) is 3.21. The quantitative estimate of drug-likeness (QED) is 0.480. The van der Waals surface area contributed by atoms with E-state index >= 15 is 0 Å². The van der Waals surface area contributed by atoms with Gasteiger partial charge in [0, 0.05) is 5.56 Å². The number of hydrazine groups is 1. The van der Waals surface area contributed by atoms with Crippen LogP contribution < -0.4 is 11.3 Å². The summed E-state index contributed by atoms with van der Waals surface area (Å²) in [5, 5.41) is 0. The molecule has 1 aliphatic rings. The summed E-state index contributed by atoms with van der Waals surface area (Å²) in [6.45, 7) is 2.16. The van der Waals surface area contributed by atoms with Gasteiger partial charge in [0.2, 0.25) is 0 Å². The topological polar surface area (TPSA) is 38.0 Å². The van der Waals surface area contributed by atoms with E-state index < -0.39 is 17.7 Å². The lowest BCUT2D eigenvalue weighted by Gasteiger charge is -2.34. The van der Waals surface area contributed by atoms with E-state index in [1.54, 1.807) is 0 Å². The molecule has 2 rings (SSSR count). The first kappa shape index (κ1) is 15.9. The van der Waals surface area contributed by atoms with Crippen molar-refractivity contribution in [2.45, 2.75) is 45.1 Å². The van der Waals surface area contributed by atoms with E-state index in [0.717, 1.165) is 25.7 Å². The predicted octanol–water partition coefficient (Wildman–Crippen LogP) is 4.45. The largest absolute Gasteiger partial charge is 0.271 e. The first-order valence-electron chi connectivity index (χ1n) is 7.18. The van der Waals surface area contributed by atoms with Gasteiger partial charge in [-0.1, -0.05) is 26.2 Å². The van der Waals surface area contributed by atoms with E-state index in [0.29, 0.717) is 5.92 Å². The summed E-state index contributed by atoms with van der Waals surface area (Å²) in [6.07, 6.45) is 5.33. The standard InChI is InChI=1S/C15H21BrF2N2/c1-2-9-4-3-5-10(8-9)15(20-19)13-12(17)7-6-11(16)14(13)18/h6-7,9-10,15,20H,2-5,8,19H2,1H3. The Bertz CT molecular complexity index is 467. The summed E-state index contributed by atoms with van der Waals surface area (Å²) in [5.41, 5.74) is 2.70. The number of benzene rings is 1. The predicted molar refractivity (Wildman–Crippen MR) is 79.9 cm³/mol. The highest BCUT2D eigenvalue weighted by Crippen LogP contribution is 2.40. The maximum atomic E-state index is 14.3. The first-order chi connectivity index (χ1) is 9.58. The Balaban J connectivity index is 2.30. The molecule has 2 nitrogen and oxygen atoms in total. The lowest BCUT2D eigenvalue weighted by molar-refractivity contribution is 0.204. The molecule has 0 spiro atoms. The second kappa shape index (κ2) is 6.96. The maximum Gasteiger partial charge on any atom is 0.145 e. The minimum Gasteiger partial charge on any atom is -0.271 e. The van der Waals surface area contributed by atoms with Crippen molar-refractivity contribution in [3.8, 4) is 0 Å². The molecule has 20 heavy (non-hydrogen) atoms. The molecular formula is C15H21BrF2N2. The van der Waals surface area contributed by atoms with Gasteiger partial charge >= 0.3 is 0 Å². The van der Waals surface area contributed by atoms with Gasteiger partial charge in [-0.2, -0.15) is 0 Å². The Morgan fingerprint density at radius 2 is 2.15 bits per heavy atom. The number of hydrogen-bond donors (Lipinski definition) is 2. The highest BCUT2D eigenvalue weighted by Gasteiger charge is 2.32. The molecule has 3 unspecified atom stereocenters. The summed E-state index contributed by atoms with van der Waals surface area (Å²) >= 11 is 3.12. The first-order valence-corrected chi connectivity index (χ1v) is 7.97. The summed E-state index contributed by atoms with van der Waals surface area (Å²) in [7, 11) is 0. The summed E-state index contributed by atoms with van der Waals surface area (Å²) in [5.74, 6) is 5.33. The van der Waals surface area contributed by atoms with Crippen molar-refractivity contribution in [1.29, 1.82) is 0 Å². The van der Waals surface area contributed by atoms with Gasteiger partial charge in [0.15, 0.2) is 0 Å². The second-order valence-electron chi connectivity index (χ2n) is 5.60. The Morgan fingerprint density at radius 3 is 2.80 bits per heavy atom. The van der Waals surface area contributed by atoms with Gasteiger partial charge in [-0.25, -0.2) is 8.78 Å². The van der Waals surface area contributed by atoms with Crippen molar-refractivity contribution in [3.05, 3.63) is 33.8 Å². The van der Waals surface area contributed by atoms with Crippen molar-refractivity contribution in [2.75, 3.05) is 0 Å². The second-order valence-corrected chi connectivity index (χ2v) is 6.46. The fraction of sp³-hybridized carbons (Fsp3) is 0.600. The van der Waals surface area contributed by atoms with Crippen molar-refractivity contribution in [2.24, 2.45) is 17.7 Å². The van der Waals surface area contributed by atoms with Gasteiger partial charge in [0.1, 0.15) is 11.6 Å². The lowest BCUT2D eigenvalue weighted by Crippen LogP contribution is -2.37. The van der Waals surface area contributed by atoms with Gasteiger partial charge in [-0.05, 0) is 52.7 Å². The number of nitrogens with two attached hydrogens (primary N) is 1. The maximum absolute atomic E-state index is 14.3. The molecule has 3 atom stereocenters. The SMILES string of the molecule is CCC1CCCC(C(NN)c2c(F)ccc(Br)c2F)C1. The number of rotatable bonds is 4. The summed E-state index contributed by atoms with van der Waals surface area (Å²) in [4.78, 5) is 0. The highest BCUT2D eigenvalue weighted by atomic mass is 79.9. The molecule has 1 fully saturated rings. The van der Waals surface area contributed by atoms with Crippen molar-refractivity contribution < 1.29 is 8.78 Å². The third-order valence-corrected chi connectivity index (χ3v) is 5.05. The van der Waals surface area contributed by atoms with Crippen LogP contribution in [-0.4, -0.2) is 0 Å². The summed E-state index contributed by atoms with van der Waals surface area (Å²) < 4.78 is 28.6. The van der Waals surface area contributed by atoms with Crippen LogP contribution in [0.3, 0.4) is 0 Å². The van der Waals surface area contributed by atoms with Crippen molar-refractivity contribution in [3.63, 3.8) is 0 Å². The monoisotopic (exact) mass is 346 g/mol. The fourth-order valence-electron chi connectivity index (χ4n) is 3.29. The lowest BCUT2D eigenvalue weighted by atomic mass is 9.75. The minimum atomic E-state index is -0.549.